The van der Waals surface area contributed by atoms with E-state index in [-0.39, 0.29) is 17.0 Å². The zero-order valence-electron chi connectivity index (χ0n) is 19.3. The number of carbonyl (C=O) groups is 3. The van der Waals surface area contributed by atoms with E-state index >= 15 is 0 Å². The van der Waals surface area contributed by atoms with Crippen LogP contribution in [0.5, 0.6) is 0 Å². The highest BCUT2D eigenvalue weighted by Crippen LogP contribution is 2.32. The first-order valence-electron chi connectivity index (χ1n) is 11.5. The Morgan fingerprint density at radius 3 is 2.43 bits per heavy atom. The molecule has 2 saturated heterocycles. The van der Waals surface area contributed by atoms with Crippen LogP contribution in [0.2, 0.25) is 0 Å². The predicted molar refractivity (Wildman–Crippen MR) is 126 cm³/mol. The van der Waals surface area contributed by atoms with Gasteiger partial charge in [0, 0.05) is 18.8 Å². The van der Waals surface area contributed by atoms with Gasteiger partial charge in [0.1, 0.15) is 17.9 Å². The van der Waals surface area contributed by atoms with E-state index in [1.807, 2.05) is 0 Å². The van der Waals surface area contributed by atoms with Crippen molar-refractivity contribution in [1.82, 2.24) is 14.5 Å². The fourth-order valence-corrected chi connectivity index (χ4v) is 6.04. The van der Waals surface area contributed by atoms with E-state index in [9.17, 15) is 27.2 Å². The van der Waals surface area contributed by atoms with Crippen molar-refractivity contribution in [2.45, 2.75) is 43.0 Å². The fourth-order valence-electron chi connectivity index (χ4n) is 4.48. The first kappa shape index (κ1) is 24.8. The summed E-state index contributed by atoms with van der Waals surface area (Å²) in [4.78, 5) is 39.4. The second-order valence-electron chi connectivity index (χ2n) is 8.63. The van der Waals surface area contributed by atoms with Crippen molar-refractivity contribution in [3.05, 3.63) is 59.9 Å². The van der Waals surface area contributed by atoms with Crippen molar-refractivity contribution in [2.24, 2.45) is 0 Å². The number of urea groups is 1. The number of anilines is 1. The molecule has 2 aromatic rings. The van der Waals surface area contributed by atoms with Crippen LogP contribution in [0.4, 0.5) is 14.9 Å². The van der Waals surface area contributed by atoms with E-state index in [2.05, 4.69) is 10.6 Å². The molecule has 2 N–H and O–H groups in total. The van der Waals surface area contributed by atoms with Gasteiger partial charge in [0.2, 0.25) is 15.9 Å². The minimum Gasteiger partial charge on any atom is -0.324 e. The first-order valence-corrected chi connectivity index (χ1v) is 12.9. The molecule has 4 rings (SSSR count). The zero-order chi connectivity index (χ0) is 25.2. The van der Waals surface area contributed by atoms with Gasteiger partial charge in [-0.05, 0) is 55.2 Å². The maximum Gasteiger partial charge on any atom is 0.325 e. The number of piperidine rings is 1. The number of sulfonamides is 1. The number of carbonyl (C=O) groups excluding carboxylic acids is 3. The summed E-state index contributed by atoms with van der Waals surface area (Å²) >= 11 is 0. The summed E-state index contributed by atoms with van der Waals surface area (Å²) < 4.78 is 40.7. The second kappa shape index (κ2) is 9.74. The van der Waals surface area contributed by atoms with E-state index in [1.54, 1.807) is 6.92 Å². The third kappa shape index (κ3) is 4.78. The summed E-state index contributed by atoms with van der Waals surface area (Å²) in [5.74, 6) is -1.75. The van der Waals surface area contributed by atoms with Crippen molar-refractivity contribution in [3.8, 4) is 0 Å². The highest BCUT2D eigenvalue weighted by molar-refractivity contribution is 7.89. The Morgan fingerprint density at radius 1 is 1.09 bits per heavy atom. The van der Waals surface area contributed by atoms with Gasteiger partial charge in [-0.1, -0.05) is 31.5 Å². The van der Waals surface area contributed by atoms with Crippen LogP contribution in [-0.4, -0.2) is 55.1 Å². The second-order valence-corrected chi connectivity index (χ2v) is 10.6. The van der Waals surface area contributed by atoms with Crippen LogP contribution in [0.25, 0.3) is 0 Å². The standard InChI is InChI=1S/C24H27FN4O5S/c1-2-24(17-9-11-18(25)12-10-17)22(31)29(23(32)27-24)16-21(30)26-19-7-6-8-20(15-19)35(33,34)28-13-4-3-5-14-28/h6-12,15H,2-5,13-14,16H2,1H3,(H,26,30)(H,27,32)/t24-/m0/s1. The number of nitrogens with zero attached hydrogens (tertiary/aromatic N) is 2. The van der Waals surface area contributed by atoms with Crippen LogP contribution in [0.1, 0.15) is 38.2 Å². The summed E-state index contributed by atoms with van der Waals surface area (Å²) in [5, 5.41) is 5.21. The zero-order valence-corrected chi connectivity index (χ0v) is 20.1. The molecule has 4 amide bonds. The first-order chi connectivity index (χ1) is 16.7. The summed E-state index contributed by atoms with van der Waals surface area (Å²) in [6, 6.07) is 10.4. The lowest BCUT2D eigenvalue weighted by Crippen LogP contribution is -2.44. The molecule has 9 nitrogen and oxygen atoms in total. The van der Waals surface area contributed by atoms with Gasteiger partial charge in [-0.15, -0.1) is 0 Å². The molecule has 1 atom stereocenters. The Bertz CT molecular complexity index is 1240. The van der Waals surface area contributed by atoms with Gasteiger partial charge in [-0.2, -0.15) is 4.31 Å². The number of halogens is 1. The van der Waals surface area contributed by atoms with E-state index in [0.29, 0.717) is 18.7 Å². The largest absolute Gasteiger partial charge is 0.325 e. The smallest absolute Gasteiger partial charge is 0.324 e. The molecule has 0 aromatic heterocycles. The average Bonchev–Trinajstić information content (AvgIpc) is 3.10. The van der Waals surface area contributed by atoms with Crippen LogP contribution in [0.15, 0.2) is 53.4 Å². The summed E-state index contributed by atoms with van der Waals surface area (Å²) in [7, 11) is -3.69. The molecule has 0 spiro atoms. The van der Waals surface area contributed by atoms with Crippen molar-refractivity contribution in [3.63, 3.8) is 0 Å². The molecule has 0 aliphatic carbocycles. The molecule has 35 heavy (non-hydrogen) atoms. The van der Waals surface area contributed by atoms with Crippen LogP contribution >= 0.6 is 0 Å². The van der Waals surface area contributed by atoms with Crippen LogP contribution in [0.3, 0.4) is 0 Å². The maximum absolute atomic E-state index is 13.4. The van der Waals surface area contributed by atoms with Gasteiger partial charge >= 0.3 is 6.03 Å². The lowest BCUT2D eigenvalue weighted by Gasteiger charge is -2.26. The Morgan fingerprint density at radius 2 is 1.77 bits per heavy atom. The predicted octanol–water partition coefficient (Wildman–Crippen LogP) is 2.80. The van der Waals surface area contributed by atoms with Crippen LogP contribution in [0, 0.1) is 5.82 Å². The fraction of sp³-hybridized carbons (Fsp3) is 0.375. The lowest BCUT2D eigenvalue weighted by molar-refractivity contribution is -0.134. The molecule has 0 saturated carbocycles. The van der Waals surface area contributed by atoms with E-state index in [0.717, 1.165) is 24.2 Å². The number of rotatable bonds is 7. The van der Waals surface area contributed by atoms with Gasteiger partial charge in [-0.25, -0.2) is 17.6 Å². The molecule has 2 aromatic carbocycles. The van der Waals surface area contributed by atoms with Gasteiger partial charge in [0.15, 0.2) is 0 Å². The highest BCUT2D eigenvalue weighted by atomic mass is 32.2. The molecular weight excluding hydrogens is 475 g/mol. The molecular formula is C24H27FN4O5S. The molecule has 2 heterocycles. The normalized spacial score (nSPS) is 21.1. The van der Waals surface area contributed by atoms with Gasteiger partial charge in [-0.3, -0.25) is 14.5 Å². The van der Waals surface area contributed by atoms with Crippen molar-refractivity contribution in [2.75, 3.05) is 25.0 Å². The van der Waals surface area contributed by atoms with E-state index < -0.39 is 45.8 Å². The third-order valence-corrected chi connectivity index (χ3v) is 8.31. The molecule has 2 aliphatic rings. The van der Waals surface area contributed by atoms with Gasteiger partial charge in [0.25, 0.3) is 5.91 Å². The van der Waals surface area contributed by atoms with Crippen LogP contribution < -0.4 is 10.6 Å². The quantitative estimate of drug-likeness (QED) is 0.565. The Hall–Kier alpha value is -3.31. The molecule has 0 unspecified atom stereocenters. The SMILES string of the molecule is CC[C@@]1(c2ccc(F)cc2)NC(=O)N(CC(=O)Nc2cccc(S(=O)(=O)N3CCCCC3)c2)C1=O. The van der Waals surface area contributed by atoms with E-state index in [1.165, 1.54) is 52.8 Å². The molecule has 2 aliphatic heterocycles. The van der Waals surface area contributed by atoms with Crippen molar-refractivity contribution < 1.29 is 27.2 Å². The number of imide groups is 1. The Labute approximate surface area is 203 Å². The van der Waals surface area contributed by atoms with Crippen LogP contribution in [-0.2, 0) is 25.2 Å². The molecule has 0 radical (unpaired) electrons. The topological polar surface area (TPSA) is 116 Å². The number of hydrogen-bond acceptors (Lipinski definition) is 5. The lowest BCUT2D eigenvalue weighted by atomic mass is 9.87. The third-order valence-electron chi connectivity index (χ3n) is 6.42. The summed E-state index contributed by atoms with van der Waals surface area (Å²) in [6.45, 7) is 2.06. The minimum absolute atomic E-state index is 0.0634. The minimum atomic E-state index is -3.69. The summed E-state index contributed by atoms with van der Waals surface area (Å²) in [6.07, 6.45) is 2.81. The number of benzene rings is 2. The Kier molecular flexibility index (Phi) is 6.91. The van der Waals surface area contributed by atoms with Gasteiger partial charge < -0.3 is 10.6 Å². The molecule has 2 fully saturated rings. The van der Waals surface area contributed by atoms with Crippen molar-refractivity contribution in [1.29, 1.82) is 0 Å². The van der Waals surface area contributed by atoms with E-state index in [4.69, 9.17) is 0 Å². The molecule has 0 bridgehead atoms. The van der Waals surface area contributed by atoms with Crippen molar-refractivity contribution >= 4 is 33.6 Å². The number of nitrogens with one attached hydrogen (secondary N) is 2. The Balaban J connectivity index is 1.48. The monoisotopic (exact) mass is 502 g/mol. The van der Waals surface area contributed by atoms with Gasteiger partial charge in [0.05, 0.1) is 4.90 Å². The maximum atomic E-state index is 13.4. The number of amides is 4. The number of hydrogen-bond donors (Lipinski definition) is 2. The molecule has 186 valence electrons. The molecule has 11 heteroatoms. The average molecular weight is 503 g/mol. The summed E-state index contributed by atoms with van der Waals surface area (Å²) in [5.41, 5.74) is -0.744. The highest BCUT2D eigenvalue weighted by Gasteiger charge is 2.51.